The Morgan fingerprint density at radius 2 is 2.12 bits per heavy atom. The normalized spacial score (nSPS) is 13.7. The second-order valence-corrected chi connectivity index (χ2v) is 4.73. The van der Waals surface area contributed by atoms with Crippen LogP contribution in [0.5, 0.6) is 0 Å². The van der Waals surface area contributed by atoms with Gasteiger partial charge < -0.3 is 15.2 Å². The lowest BCUT2D eigenvalue weighted by molar-refractivity contribution is 0.265. The summed E-state index contributed by atoms with van der Waals surface area (Å²) in [6.45, 7) is 8.52. The lowest BCUT2D eigenvalue weighted by atomic mass is 10.2. The molecule has 1 rings (SSSR count). The molecule has 1 heterocycles. The van der Waals surface area contributed by atoms with Gasteiger partial charge in [-0.2, -0.15) is 0 Å². The van der Waals surface area contributed by atoms with Gasteiger partial charge in [0, 0.05) is 24.8 Å². The molecule has 4 heteroatoms. The number of imidazole rings is 1. The van der Waals surface area contributed by atoms with Crippen LogP contribution in [0.15, 0.2) is 12.5 Å². The fraction of sp³-hybridized carbons (Fsp3) is 0.750. The third-order valence-corrected chi connectivity index (χ3v) is 3.00. The third-order valence-electron chi connectivity index (χ3n) is 3.00. The maximum Gasteiger partial charge on any atom is 0.0948 e. The van der Waals surface area contributed by atoms with Crippen LogP contribution in [0, 0.1) is 0 Å². The zero-order valence-electron chi connectivity index (χ0n) is 10.8. The lowest BCUT2D eigenvalue weighted by Gasteiger charge is -2.21. The molecule has 0 bridgehead atoms. The van der Waals surface area contributed by atoms with Crippen LogP contribution >= 0.6 is 0 Å². The highest BCUT2D eigenvalue weighted by Crippen LogP contribution is 2.09. The number of aromatic nitrogens is 2. The van der Waals surface area contributed by atoms with E-state index in [1.165, 1.54) is 0 Å². The summed E-state index contributed by atoms with van der Waals surface area (Å²) in [4.78, 5) is 6.50. The van der Waals surface area contributed by atoms with Crippen molar-refractivity contribution in [1.29, 1.82) is 0 Å². The number of nitrogens with zero attached hydrogens (tertiary/aromatic N) is 3. The summed E-state index contributed by atoms with van der Waals surface area (Å²) in [6, 6.07) is 0.668. The minimum Gasteiger partial charge on any atom is -0.333 e. The van der Waals surface area contributed by atoms with Crippen LogP contribution in [0.25, 0.3) is 0 Å². The maximum absolute atomic E-state index is 5.87. The van der Waals surface area contributed by atoms with E-state index in [0.717, 1.165) is 25.2 Å². The molecule has 92 valence electrons. The van der Waals surface area contributed by atoms with Gasteiger partial charge in [-0.25, -0.2) is 4.98 Å². The maximum atomic E-state index is 5.87. The number of nitrogens with two attached hydrogens (primary N) is 1. The molecule has 1 aromatic heterocycles. The zero-order valence-corrected chi connectivity index (χ0v) is 10.8. The summed E-state index contributed by atoms with van der Waals surface area (Å²) in [6.07, 6.45) is 4.86. The highest BCUT2D eigenvalue weighted by atomic mass is 15.1. The Labute approximate surface area is 98.5 Å². The highest BCUT2D eigenvalue weighted by molar-refractivity contribution is 5.02. The number of hydrogen-bond donors (Lipinski definition) is 1. The Balaban J connectivity index is 2.40. The zero-order chi connectivity index (χ0) is 12.1. The molecule has 0 spiro atoms. The van der Waals surface area contributed by atoms with Gasteiger partial charge in [0.25, 0.3) is 0 Å². The van der Waals surface area contributed by atoms with E-state index in [1.54, 1.807) is 0 Å². The first kappa shape index (κ1) is 13.2. The smallest absolute Gasteiger partial charge is 0.0948 e. The van der Waals surface area contributed by atoms with Crippen LogP contribution < -0.4 is 5.73 Å². The molecule has 0 aliphatic carbocycles. The molecule has 4 nitrogen and oxygen atoms in total. The van der Waals surface area contributed by atoms with Crippen LogP contribution in [0.1, 0.15) is 38.9 Å². The summed E-state index contributed by atoms with van der Waals surface area (Å²) in [5.41, 5.74) is 6.99. The molecule has 0 radical (unpaired) electrons. The average Bonchev–Trinajstić information content (AvgIpc) is 2.65. The SMILES string of the molecule is CC(N)c1cncn1CCCN(C)C(C)C. The van der Waals surface area contributed by atoms with Crippen molar-refractivity contribution in [1.82, 2.24) is 14.5 Å². The number of rotatable bonds is 6. The van der Waals surface area contributed by atoms with Crippen molar-refractivity contribution in [3.63, 3.8) is 0 Å². The van der Waals surface area contributed by atoms with Crippen LogP contribution in [0.3, 0.4) is 0 Å². The topological polar surface area (TPSA) is 47.1 Å². The van der Waals surface area contributed by atoms with Crippen LogP contribution in [0.2, 0.25) is 0 Å². The van der Waals surface area contributed by atoms with Gasteiger partial charge in [0.05, 0.1) is 12.0 Å². The van der Waals surface area contributed by atoms with Crippen LogP contribution in [0.4, 0.5) is 0 Å². The fourth-order valence-corrected chi connectivity index (χ4v) is 1.65. The molecule has 1 unspecified atom stereocenters. The van der Waals surface area contributed by atoms with Gasteiger partial charge >= 0.3 is 0 Å². The summed E-state index contributed by atoms with van der Waals surface area (Å²) in [7, 11) is 2.16. The first-order valence-corrected chi connectivity index (χ1v) is 5.98. The molecule has 0 aliphatic rings. The van der Waals surface area contributed by atoms with Gasteiger partial charge in [0.2, 0.25) is 0 Å². The van der Waals surface area contributed by atoms with Gasteiger partial charge in [-0.1, -0.05) is 0 Å². The Bertz CT molecular complexity index is 304. The van der Waals surface area contributed by atoms with E-state index in [-0.39, 0.29) is 6.04 Å². The van der Waals surface area contributed by atoms with Gasteiger partial charge in [-0.3, -0.25) is 0 Å². The molecule has 0 saturated carbocycles. The van der Waals surface area contributed by atoms with Crippen molar-refractivity contribution in [2.45, 2.75) is 45.8 Å². The summed E-state index contributed by atoms with van der Waals surface area (Å²) in [5, 5.41) is 0. The van der Waals surface area contributed by atoms with Crippen LogP contribution in [-0.4, -0.2) is 34.1 Å². The summed E-state index contributed by atoms with van der Waals surface area (Å²) in [5.74, 6) is 0. The van der Waals surface area contributed by atoms with Crippen molar-refractivity contribution < 1.29 is 0 Å². The Morgan fingerprint density at radius 3 is 2.69 bits per heavy atom. The van der Waals surface area contributed by atoms with Gasteiger partial charge in [0.1, 0.15) is 0 Å². The third kappa shape index (κ3) is 3.61. The van der Waals surface area contributed by atoms with E-state index >= 15 is 0 Å². The predicted molar refractivity (Wildman–Crippen MR) is 67.2 cm³/mol. The van der Waals surface area contributed by atoms with Crippen molar-refractivity contribution >= 4 is 0 Å². The van der Waals surface area contributed by atoms with Gasteiger partial charge in [-0.15, -0.1) is 0 Å². The molecular weight excluding hydrogens is 200 g/mol. The number of hydrogen-bond acceptors (Lipinski definition) is 3. The predicted octanol–water partition coefficient (Wildman–Crippen LogP) is 1.63. The highest BCUT2D eigenvalue weighted by Gasteiger charge is 2.07. The second-order valence-electron chi connectivity index (χ2n) is 4.73. The Hall–Kier alpha value is -0.870. The van der Waals surface area contributed by atoms with E-state index < -0.39 is 0 Å². The van der Waals surface area contributed by atoms with E-state index in [9.17, 15) is 0 Å². The first-order chi connectivity index (χ1) is 7.52. The molecule has 0 fully saturated rings. The lowest BCUT2D eigenvalue weighted by Crippen LogP contribution is -2.28. The standard InChI is InChI=1S/C12H24N4/c1-10(2)15(4)6-5-7-16-9-14-8-12(16)11(3)13/h8-11H,5-7,13H2,1-4H3. The molecule has 0 aromatic carbocycles. The molecule has 0 saturated heterocycles. The van der Waals surface area contributed by atoms with Crippen LogP contribution in [-0.2, 0) is 6.54 Å². The monoisotopic (exact) mass is 224 g/mol. The van der Waals surface area contributed by atoms with Gasteiger partial charge in [0.15, 0.2) is 0 Å². The fourth-order valence-electron chi connectivity index (χ4n) is 1.65. The molecule has 0 amide bonds. The second kappa shape index (κ2) is 6.01. The molecule has 1 aromatic rings. The van der Waals surface area contributed by atoms with E-state index in [1.807, 2.05) is 19.4 Å². The minimum atomic E-state index is 0.0605. The van der Waals surface area contributed by atoms with Crippen molar-refractivity contribution in [3.05, 3.63) is 18.2 Å². The van der Waals surface area contributed by atoms with Crippen molar-refractivity contribution in [2.75, 3.05) is 13.6 Å². The molecule has 1 atom stereocenters. The minimum absolute atomic E-state index is 0.0605. The molecule has 2 N–H and O–H groups in total. The van der Waals surface area contributed by atoms with Crippen molar-refractivity contribution in [2.24, 2.45) is 5.73 Å². The molecular formula is C12H24N4. The van der Waals surface area contributed by atoms with Crippen molar-refractivity contribution in [3.8, 4) is 0 Å². The van der Waals surface area contributed by atoms with E-state index in [2.05, 4.69) is 35.3 Å². The Morgan fingerprint density at radius 1 is 1.44 bits per heavy atom. The Kier molecular flexibility index (Phi) is 4.96. The quantitative estimate of drug-likeness (QED) is 0.799. The molecule has 0 aliphatic heterocycles. The number of aryl methyl sites for hydroxylation is 1. The summed E-state index contributed by atoms with van der Waals surface area (Å²) >= 11 is 0. The van der Waals surface area contributed by atoms with E-state index in [4.69, 9.17) is 5.73 Å². The van der Waals surface area contributed by atoms with E-state index in [0.29, 0.717) is 6.04 Å². The average molecular weight is 224 g/mol. The molecule has 16 heavy (non-hydrogen) atoms. The summed E-state index contributed by atoms with van der Waals surface area (Å²) < 4.78 is 2.15. The largest absolute Gasteiger partial charge is 0.333 e. The first-order valence-electron chi connectivity index (χ1n) is 5.98. The van der Waals surface area contributed by atoms with Gasteiger partial charge in [-0.05, 0) is 40.8 Å².